The molecular weight excluding hydrogens is 379 g/mol. The zero-order chi connectivity index (χ0) is 18.8. The van der Waals surface area contributed by atoms with E-state index >= 15 is 0 Å². The number of piperidine rings is 1. The quantitative estimate of drug-likeness (QED) is 0.736. The Morgan fingerprint density at radius 1 is 0.926 bits per heavy atom. The van der Waals surface area contributed by atoms with Crippen molar-refractivity contribution in [2.45, 2.75) is 32.4 Å². The predicted octanol–water partition coefficient (Wildman–Crippen LogP) is 4.79. The minimum atomic E-state index is 0.133. The summed E-state index contributed by atoms with van der Waals surface area (Å²) in [5.41, 5.74) is 3.66. The lowest BCUT2D eigenvalue weighted by atomic mass is 9.93. The zero-order valence-electron chi connectivity index (χ0n) is 15.3. The molecule has 2 aromatic carbocycles. The number of fused-ring (bicyclic) bond motifs is 1. The number of carbonyl (C=O) groups excluding carboxylic acids is 1. The highest BCUT2D eigenvalue weighted by molar-refractivity contribution is 6.35. The molecule has 5 heteroatoms. The van der Waals surface area contributed by atoms with Gasteiger partial charge in [0, 0.05) is 41.2 Å². The van der Waals surface area contributed by atoms with Crippen LogP contribution < -0.4 is 0 Å². The highest BCUT2D eigenvalue weighted by Crippen LogP contribution is 2.29. The van der Waals surface area contributed by atoms with Gasteiger partial charge in [-0.05, 0) is 55.6 Å². The van der Waals surface area contributed by atoms with Crippen molar-refractivity contribution in [1.82, 2.24) is 9.80 Å². The van der Waals surface area contributed by atoms with E-state index in [0.717, 1.165) is 57.5 Å². The van der Waals surface area contributed by atoms with Gasteiger partial charge >= 0.3 is 0 Å². The van der Waals surface area contributed by atoms with Crippen molar-refractivity contribution in [1.29, 1.82) is 0 Å². The monoisotopic (exact) mass is 402 g/mol. The lowest BCUT2D eigenvalue weighted by molar-refractivity contribution is -0.138. The molecule has 0 radical (unpaired) electrons. The van der Waals surface area contributed by atoms with Crippen molar-refractivity contribution in [3.05, 3.63) is 69.2 Å². The second kappa shape index (κ2) is 8.22. The molecule has 142 valence electrons. The Morgan fingerprint density at radius 2 is 1.59 bits per heavy atom. The molecule has 0 spiro atoms. The third-order valence-electron chi connectivity index (χ3n) is 5.82. The Kier molecular flexibility index (Phi) is 5.72. The summed E-state index contributed by atoms with van der Waals surface area (Å²) in [4.78, 5) is 17.4. The number of carbonyl (C=O) groups is 1. The average Bonchev–Trinajstić information content (AvgIpc) is 2.70. The van der Waals surface area contributed by atoms with Gasteiger partial charge in [-0.2, -0.15) is 0 Å². The molecule has 2 aliphatic rings. The lowest BCUT2D eigenvalue weighted by Crippen LogP contribution is -2.44. The van der Waals surface area contributed by atoms with Crippen LogP contribution in [0.15, 0.2) is 42.5 Å². The molecule has 0 aliphatic carbocycles. The fourth-order valence-corrected chi connectivity index (χ4v) is 4.70. The molecule has 2 heterocycles. The SMILES string of the molecule is O=C(C1CCN(Cc2c(Cl)cccc2Cl)CC1)N1CCc2ccccc2C1. The van der Waals surface area contributed by atoms with E-state index in [4.69, 9.17) is 23.2 Å². The molecule has 0 N–H and O–H groups in total. The number of likely N-dealkylation sites (tertiary alicyclic amines) is 1. The van der Waals surface area contributed by atoms with Crippen LogP contribution in [-0.4, -0.2) is 35.3 Å². The van der Waals surface area contributed by atoms with Crippen LogP contribution in [0.3, 0.4) is 0 Å². The summed E-state index contributed by atoms with van der Waals surface area (Å²) in [7, 11) is 0. The van der Waals surface area contributed by atoms with Gasteiger partial charge in [0.05, 0.1) is 0 Å². The second-order valence-electron chi connectivity index (χ2n) is 7.53. The Hall–Kier alpha value is -1.55. The first-order valence-corrected chi connectivity index (χ1v) is 10.4. The normalized spacial score (nSPS) is 18.4. The van der Waals surface area contributed by atoms with Crippen LogP contribution in [0.5, 0.6) is 0 Å². The van der Waals surface area contributed by atoms with E-state index in [1.54, 1.807) is 0 Å². The van der Waals surface area contributed by atoms with Crippen molar-refractivity contribution in [2.24, 2.45) is 5.92 Å². The molecule has 3 nitrogen and oxygen atoms in total. The Balaban J connectivity index is 1.33. The molecule has 0 bridgehead atoms. The van der Waals surface area contributed by atoms with Gasteiger partial charge in [-0.3, -0.25) is 9.69 Å². The van der Waals surface area contributed by atoms with E-state index in [-0.39, 0.29) is 5.92 Å². The van der Waals surface area contributed by atoms with E-state index in [1.807, 2.05) is 23.1 Å². The summed E-state index contributed by atoms with van der Waals surface area (Å²) in [5, 5.41) is 1.43. The van der Waals surface area contributed by atoms with E-state index in [0.29, 0.717) is 16.0 Å². The first-order chi connectivity index (χ1) is 13.1. The van der Waals surface area contributed by atoms with Crippen molar-refractivity contribution in [3.63, 3.8) is 0 Å². The number of nitrogens with zero attached hydrogens (tertiary/aromatic N) is 2. The number of rotatable bonds is 3. The summed E-state index contributed by atoms with van der Waals surface area (Å²) < 4.78 is 0. The smallest absolute Gasteiger partial charge is 0.226 e. The molecule has 0 saturated carbocycles. The van der Waals surface area contributed by atoms with Crippen LogP contribution in [0.25, 0.3) is 0 Å². The summed E-state index contributed by atoms with van der Waals surface area (Å²) in [5.74, 6) is 0.452. The van der Waals surface area contributed by atoms with Crippen LogP contribution in [0, 0.1) is 5.92 Å². The third kappa shape index (κ3) is 4.16. The zero-order valence-corrected chi connectivity index (χ0v) is 16.8. The third-order valence-corrected chi connectivity index (χ3v) is 6.53. The van der Waals surface area contributed by atoms with Gasteiger partial charge in [0.25, 0.3) is 0 Å². The molecule has 27 heavy (non-hydrogen) atoms. The highest BCUT2D eigenvalue weighted by atomic mass is 35.5. The number of hydrogen-bond acceptors (Lipinski definition) is 2. The molecular formula is C22H24Cl2N2O. The molecule has 0 unspecified atom stereocenters. The predicted molar refractivity (Wildman–Crippen MR) is 110 cm³/mol. The van der Waals surface area contributed by atoms with Gasteiger partial charge in [-0.1, -0.05) is 53.5 Å². The molecule has 4 rings (SSSR count). The summed E-state index contributed by atoms with van der Waals surface area (Å²) in [6, 6.07) is 14.1. The molecule has 1 saturated heterocycles. The van der Waals surface area contributed by atoms with Gasteiger partial charge in [-0.25, -0.2) is 0 Å². The number of halogens is 2. The second-order valence-corrected chi connectivity index (χ2v) is 8.34. The fraction of sp³-hybridized carbons (Fsp3) is 0.409. The van der Waals surface area contributed by atoms with E-state index < -0.39 is 0 Å². The maximum atomic E-state index is 13.0. The number of hydrogen-bond donors (Lipinski definition) is 0. The van der Waals surface area contributed by atoms with Crippen LogP contribution in [0.2, 0.25) is 10.0 Å². The van der Waals surface area contributed by atoms with Crippen LogP contribution >= 0.6 is 23.2 Å². The first kappa shape index (κ1) is 18.8. The Morgan fingerprint density at radius 3 is 2.30 bits per heavy atom. The van der Waals surface area contributed by atoms with E-state index in [2.05, 4.69) is 29.2 Å². The minimum Gasteiger partial charge on any atom is -0.338 e. The van der Waals surface area contributed by atoms with Crippen molar-refractivity contribution >= 4 is 29.1 Å². The highest BCUT2D eigenvalue weighted by Gasteiger charge is 2.30. The maximum Gasteiger partial charge on any atom is 0.226 e. The van der Waals surface area contributed by atoms with Crippen LogP contribution in [0.4, 0.5) is 0 Å². The van der Waals surface area contributed by atoms with Gasteiger partial charge < -0.3 is 4.90 Å². The van der Waals surface area contributed by atoms with Crippen molar-refractivity contribution < 1.29 is 4.79 Å². The number of benzene rings is 2. The Bertz CT molecular complexity index is 811. The summed E-state index contributed by atoms with van der Waals surface area (Å²) in [6.45, 7) is 4.15. The van der Waals surface area contributed by atoms with Gasteiger partial charge in [0.2, 0.25) is 5.91 Å². The van der Waals surface area contributed by atoms with Gasteiger partial charge in [-0.15, -0.1) is 0 Å². The molecule has 1 fully saturated rings. The summed E-state index contributed by atoms with van der Waals surface area (Å²) in [6.07, 6.45) is 2.77. The molecule has 2 aromatic rings. The topological polar surface area (TPSA) is 23.6 Å². The first-order valence-electron chi connectivity index (χ1n) is 9.62. The fourth-order valence-electron chi connectivity index (χ4n) is 4.19. The summed E-state index contributed by atoms with van der Waals surface area (Å²) >= 11 is 12.6. The van der Waals surface area contributed by atoms with Crippen LogP contribution in [-0.2, 0) is 24.3 Å². The van der Waals surface area contributed by atoms with Gasteiger partial charge in [0.1, 0.15) is 0 Å². The van der Waals surface area contributed by atoms with Crippen molar-refractivity contribution in [3.8, 4) is 0 Å². The van der Waals surface area contributed by atoms with E-state index in [9.17, 15) is 4.79 Å². The molecule has 2 aliphatic heterocycles. The maximum absolute atomic E-state index is 13.0. The minimum absolute atomic E-state index is 0.133. The van der Waals surface area contributed by atoms with E-state index in [1.165, 1.54) is 11.1 Å². The largest absolute Gasteiger partial charge is 0.338 e. The lowest BCUT2D eigenvalue weighted by Gasteiger charge is -2.36. The average molecular weight is 403 g/mol. The van der Waals surface area contributed by atoms with Crippen LogP contribution in [0.1, 0.15) is 29.5 Å². The molecule has 0 aromatic heterocycles. The van der Waals surface area contributed by atoms with Gasteiger partial charge in [0.15, 0.2) is 0 Å². The molecule has 1 amide bonds. The standard InChI is InChI=1S/C22H24Cl2N2O/c23-20-6-3-7-21(24)19(20)15-25-11-8-17(9-12-25)22(27)26-13-10-16-4-1-2-5-18(16)14-26/h1-7,17H,8-15H2. The van der Waals surface area contributed by atoms with Crippen molar-refractivity contribution in [2.75, 3.05) is 19.6 Å². The Labute approximate surface area is 170 Å². The molecule has 0 atom stereocenters. The number of amides is 1.